The molecule has 78 heavy (non-hydrogen) atoms. The molecule has 3 heterocycles. The van der Waals surface area contributed by atoms with E-state index < -0.39 is 41.5 Å². The molecule has 2 saturated heterocycles. The molecular weight excluding hydrogens is 1010 g/mol. The van der Waals surface area contributed by atoms with E-state index in [4.69, 9.17) is 14.6 Å². The zero-order valence-electron chi connectivity index (χ0n) is 45.4. The Balaban J connectivity index is 0.915. The van der Waals surface area contributed by atoms with Crippen molar-refractivity contribution in [2.45, 2.75) is 76.4 Å². The lowest BCUT2D eigenvalue weighted by Crippen LogP contribution is -2.65. The number of fused-ring (bicyclic) bond motifs is 2. The van der Waals surface area contributed by atoms with Gasteiger partial charge in [0.25, 0.3) is 5.91 Å². The number of carbonyl (C=O) groups is 7. The number of nitrogens with one attached hydrogen (secondary N) is 2. The average molecular weight is 1090 g/mol. The second-order valence-corrected chi connectivity index (χ2v) is 22.1. The fourth-order valence-electron chi connectivity index (χ4n) is 13.1. The van der Waals surface area contributed by atoms with Gasteiger partial charge in [0.1, 0.15) is 17.0 Å². The molecule has 424 valence electrons. The third kappa shape index (κ3) is 12.9. The van der Waals surface area contributed by atoms with E-state index in [9.17, 15) is 54.0 Å². The number of carboxylic acids is 4. The maximum atomic E-state index is 14.4. The van der Waals surface area contributed by atoms with Gasteiger partial charge in [-0.05, 0) is 130 Å². The highest BCUT2D eigenvalue weighted by Crippen LogP contribution is 2.63. The van der Waals surface area contributed by atoms with Gasteiger partial charge in [0.05, 0.1) is 63.5 Å². The monoisotopic (exact) mass is 1080 g/mol. The van der Waals surface area contributed by atoms with Gasteiger partial charge in [0.15, 0.2) is 5.69 Å². The van der Waals surface area contributed by atoms with Gasteiger partial charge in [0.2, 0.25) is 11.8 Å². The highest BCUT2D eigenvalue weighted by Gasteiger charge is 2.67. The van der Waals surface area contributed by atoms with Gasteiger partial charge in [-0.25, -0.2) is 9.48 Å². The molecule has 6 bridgehead atoms. The van der Waals surface area contributed by atoms with Crippen LogP contribution in [0.3, 0.4) is 0 Å². The molecule has 0 spiro atoms. The van der Waals surface area contributed by atoms with Crippen molar-refractivity contribution in [2.24, 2.45) is 23.7 Å². The Labute approximate surface area is 454 Å². The summed E-state index contributed by atoms with van der Waals surface area (Å²) in [5, 5.41) is 50.8. The molecule has 1 aromatic heterocycles. The maximum Gasteiger partial charge on any atom is 0.330 e. The third-order valence-electron chi connectivity index (χ3n) is 16.7. The fourth-order valence-corrected chi connectivity index (χ4v) is 13.1. The van der Waals surface area contributed by atoms with Crippen LogP contribution < -0.4 is 20.1 Å². The van der Waals surface area contributed by atoms with Crippen molar-refractivity contribution in [1.29, 1.82) is 0 Å². The second kappa shape index (κ2) is 25.0. The fraction of sp³-hybridized carbons (Fsp3) is 0.600. The SMILES string of the molecule is COc1cccc(OC)c1-c1cc(C(=O)NC2(C(=O)O)C3CC4CC(C3)C2C4)nn1-c1ccc(NC(=O)CCCN(C)CCCN2C(=O)CN3CCN(CC(=O)O)CCN(CC(=O)O)CCN(CC(=O)O)C2C3)cc1C(C)C. The first-order valence-corrected chi connectivity index (χ1v) is 27.1. The number of ether oxygens (including phenoxy) is 2. The normalized spacial score (nSPS) is 24.7. The largest absolute Gasteiger partial charge is 0.496 e. The molecule has 6 fully saturated rings. The number of carbonyl (C=O) groups excluding carboxylic acids is 3. The molecule has 4 aliphatic carbocycles. The first-order chi connectivity index (χ1) is 37.3. The van der Waals surface area contributed by atoms with E-state index in [0.29, 0.717) is 98.7 Å². The standard InChI is InChI=1S/C55H76N10O13/c1-34(2)39-27-38(12-13-42(39)65-43(52-44(77-4)9-6-10-45(52)78-5)28-41(58-65)53(74)57-55(54(75)76)37-24-35-23-36(26-37)40(55)25-35)56-46(66)11-7-14-59(3)15-8-16-64-47-29-62(30-48(64)67)20-19-60(31-49(68)69)17-18-61(32-50(70)71)21-22-63(47)33-51(72)73/h6,9-10,12-13,27-28,34-37,40,47H,7-8,11,14-26,29-33H2,1-5H3,(H,56,66)(H,57,74)(H,68,69)(H,70,71)(H,72,73)(H,75,76). The minimum Gasteiger partial charge on any atom is -0.496 e. The van der Waals surface area contributed by atoms with Crippen molar-refractivity contribution in [3.8, 4) is 28.4 Å². The van der Waals surface area contributed by atoms with Gasteiger partial charge in [-0.1, -0.05) is 19.9 Å². The first-order valence-electron chi connectivity index (χ1n) is 27.1. The minimum atomic E-state index is -1.36. The number of rotatable bonds is 23. The van der Waals surface area contributed by atoms with E-state index >= 15 is 0 Å². The van der Waals surface area contributed by atoms with E-state index in [1.165, 1.54) is 0 Å². The average Bonchev–Trinajstić information content (AvgIpc) is 4.04. The number of amides is 3. The van der Waals surface area contributed by atoms with E-state index in [0.717, 1.165) is 31.2 Å². The van der Waals surface area contributed by atoms with Crippen molar-refractivity contribution < 1.29 is 63.5 Å². The molecule has 6 aliphatic rings. The summed E-state index contributed by atoms with van der Waals surface area (Å²) < 4.78 is 13.3. The summed E-state index contributed by atoms with van der Waals surface area (Å²) in [7, 11) is 5.02. The zero-order valence-corrected chi connectivity index (χ0v) is 45.4. The molecule has 7 atom stereocenters. The Kier molecular flexibility index (Phi) is 18.4. The highest BCUT2D eigenvalue weighted by atomic mass is 16.5. The summed E-state index contributed by atoms with van der Waals surface area (Å²) >= 11 is 0. The quantitative estimate of drug-likeness (QED) is 0.0796. The molecule has 0 radical (unpaired) electrons. The lowest BCUT2D eigenvalue weighted by Gasteiger charge is -2.47. The van der Waals surface area contributed by atoms with Gasteiger partial charge in [-0.3, -0.25) is 48.4 Å². The molecule has 23 nitrogen and oxygen atoms in total. The van der Waals surface area contributed by atoms with Gasteiger partial charge >= 0.3 is 23.9 Å². The molecule has 9 rings (SSSR count). The Morgan fingerprint density at radius 2 is 1.46 bits per heavy atom. The molecular formula is C55H76N10O13. The second-order valence-electron chi connectivity index (χ2n) is 22.1. The Bertz CT molecular complexity index is 2690. The minimum absolute atomic E-state index is 0.0411. The van der Waals surface area contributed by atoms with E-state index in [1.54, 1.807) is 68.8 Å². The van der Waals surface area contributed by atoms with E-state index in [1.807, 2.05) is 37.9 Å². The number of aromatic nitrogens is 2. The van der Waals surface area contributed by atoms with Crippen LogP contribution in [0.15, 0.2) is 42.5 Å². The molecule has 6 N–H and O–H groups in total. The zero-order chi connectivity index (χ0) is 56.0. The number of hydrogen-bond donors (Lipinski definition) is 6. The van der Waals surface area contributed by atoms with Crippen molar-refractivity contribution in [1.82, 2.24) is 44.5 Å². The summed E-state index contributed by atoms with van der Waals surface area (Å²) in [6, 6.07) is 12.5. The molecule has 7 unspecified atom stereocenters. The van der Waals surface area contributed by atoms with E-state index in [2.05, 4.69) is 15.5 Å². The predicted molar refractivity (Wildman–Crippen MR) is 286 cm³/mol. The van der Waals surface area contributed by atoms with Crippen molar-refractivity contribution in [2.75, 3.05) is 118 Å². The first kappa shape index (κ1) is 57.5. The maximum absolute atomic E-state index is 14.4. The molecule has 4 saturated carbocycles. The van der Waals surface area contributed by atoms with Crippen molar-refractivity contribution in [3.63, 3.8) is 0 Å². The van der Waals surface area contributed by atoms with Crippen LogP contribution in [-0.4, -0.2) is 226 Å². The molecule has 3 amide bonds. The van der Waals surface area contributed by atoms with Crippen molar-refractivity contribution in [3.05, 3.63) is 53.7 Å². The van der Waals surface area contributed by atoms with Crippen molar-refractivity contribution >= 4 is 47.3 Å². The van der Waals surface area contributed by atoms with E-state index in [-0.39, 0.29) is 93.4 Å². The smallest absolute Gasteiger partial charge is 0.330 e. The van der Waals surface area contributed by atoms with Crippen LogP contribution in [0.2, 0.25) is 0 Å². The van der Waals surface area contributed by atoms with Gasteiger partial charge in [-0.15, -0.1) is 0 Å². The summed E-state index contributed by atoms with van der Waals surface area (Å²) in [6.45, 7) is 6.72. The summed E-state index contributed by atoms with van der Waals surface area (Å²) in [6.07, 6.45) is 4.06. The third-order valence-corrected chi connectivity index (χ3v) is 16.7. The lowest BCUT2D eigenvalue weighted by atomic mass is 9.70. The van der Waals surface area contributed by atoms with Crippen LogP contribution in [-0.2, 0) is 28.8 Å². The van der Waals surface area contributed by atoms with Crippen LogP contribution >= 0.6 is 0 Å². The number of carboxylic acid groups (broad SMARTS) is 4. The number of nitrogens with zero attached hydrogens (tertiary/aromatic N) is 8. The summed E-state index contributed by atoms with van der Waals surface area (Å²) in [4.78, 5) is 101. The topological polar surface area (TPSA) is 280 Å². The van der Waals surface area contributed by atoms with Gasteiger partial charge in [0, 0.05) is 64.5 Å². The van der Waals surface area contributed by atoms with Crippen LogP contribution in [0, 0.1) is 23.7 Å². The summed E-state index contributed by atoms with van der Waals surface area (Å²) in [5.74, 6) is -3.74. The lowest BCUT2D eigenvalue weighted by molar-refractivity contribution is -0.153. The van der Waals surface area contributed by atoms with Gasteiger partial charge in [-0.2, -0.15) is 5.10 Å². The number of benzene rings is 2. The number of piperazine rings is 1. The molecule has 2 aliphatic heterocycles. The number of methoxy groups -OCH3 is 2. The Hall–Kier alpha value is -6.66. The molecule has 23 heteroatoms. The number of anilines is 1. The van der Waals surface area contributed by atoms with Crippen LogP contribution in [0.5, 0.6) is 11.5 Å². The van der Waals surface area contributed by atoms with Crippen LogP contribution in [0.25, 0.3) is 16.9 Å². The van der Waals surface area contributed by atoms with Crippen LogP contribution in [0.4, 0.5) is 5.69 Å². The highest BCUT2D eigenvalue weighted by molar-refractivity contribution is 5.98. The Morgan fingerprint density at radius 1 is 0.808 bits per heavy atom. The number of hydrogen-bond acceptors (Lipinski definition) is 15. The van der Waals surface area contributed by atoms with Crippen LogP contribution in [0.1, 0.15) is 80.8 Å². The van der Waals surface area contributed by atoms with Gasteiger partial charge < -0.3 is 50.3 Å². The Morgan fingerprint density at radius 3 is 2.09 bits per heavy atom. The predicted octanol–water partition coefficient (Wildman–Crippen LogP) is 2.98. The molecule has 2 aromatic carbocycles. The number of aliphatic carboxylic acids is 4. The summed E-state index contributed by atoms with van der Waals surface area (Å²) in [5.41, 5.74) is 1.72. The molecule has 3 aromatic rings.